The van der Waals surface area contributed by atoms with Gasteiger partial charge in [-0.3, -0.25) is 0 Å². The van der Waals surface area contributed by atoms with Gasteiger partial charge in [-0.25, -0.2) is 0 Å². The second-order valence-electron chi connectivity index (χ2n) is 3.88. The molecule has 2 N–H and O–H groups in total. The van der Waals surface area contributed by atoms with Crippen molar-refractivity contribution in [3.8, 4) is 0 Å². The quantitative estimate of drug-likeness (QED) is 0.746. The molecule has 0 fully saturated rings. The lowest BCUT2D eigenvalue weighted by Gasteiger charge is -2.04. The van der Waals surface area contributed by atoms with E-state index in [2.05, 4.69) is 56.3 Å². The summed E-state index contributed by atoms with van der Waals surface area (Å²) in [6, 6.07) is 8.54. The summed E-state index contributed by atoms with van der Waals surface area (Å²) in [6.07, 6.45) is 8.64. The summed E-state index contributed by atoms with van der Waals surface area (Å²) >= 11 is 0. The largest absolute Gasteiger partial charge is 0.326 e. The van der Waals surface area contributed by atoms with Crippen LogP contribution in [0.1, 0.15) is 31.4 Å². The van der Waals surface area contributed by atoms with Gasteiger partial charge in [0.1, 0.15) is 0 Å². The highest BCUT2D eigenvalue weighted by atomic mass is 14.5. The summed E-state index contributed by atoms with van der Waals surface area (Å²) in [7, 11) is 0. The van der Waals surface area contributed by atoms with Crippen molar-refractivity contribution in [2.24, 2.45) is 5.73 Å². The average Bonchev–Trinajstić information content (AvgIpc) is 2.31. The third-order valence-electron chi connectivity index (χ3n) is 2.51. The van der Waals surface area contributed by atoms with Crippen LogP contribution in [-0.2, 0) is 13.0 Å². The fourth-order valence-corrected chi connectivity index (χ4v) is 1.70. The highest BCUT2D eigenvalue weighted by molar-refractivity contribution is 5.30. The van der Waals surface area contributed by atoms with Crippen LogP contribution in [0.3, 0.4) is 0 Å². The minimum atomic E-state index is 0.618. The molecule has 0 aliphatic heterocycles. The molecule has 1 aromatic carbocycles. The lowest BCUT2D eigenvalue weighted by Crippen LogP contribution is -1.96. The van der Waals surface area contributed by atoms with Crippen LogP contribution in [0.5, 0.6) is 0 Å². The van der Waals surface area contributed by atoms with E-state index < -0.39 is 0 Å². The van der Waals surface area contributed by atoms with Gasteiger partial charge in [0.2, 0.25) is 0 Å². The van der Waals surface area contributed by atoms with Gasteiger partial charge in [0.15, 0.2) is 0 Å². The molecule has 0 bridgehead atoms. The molecule has 0 saturated carbocycles. The predicted octanol–water partition coefficient (Wildman–Crippen LogP) is 3.60. The third-order valence-corrected chi connectivity index (χ3v) is 2.51. The van der Waals surface area contributed by atoms with Crippen molar-refractivity contribution in [1.29, 1.82) is 0 Å². The third kappa shape index (κ3) is 4.03. The zero-order valence-electron chi connectivity index (χ0n) is 10.2. The van der Waals surface area contributed by atoms with Gasteiger partial charge in [0, 0.05) is 6.54 Å². The number of rotatable bonds is 5. The van der Waals surface area contributed by atoms with Gasteiger partial charge < -0.3 is 5.73 Å². The minimum absolute atomic E-state index is 0.618. The smallest absolute Gasteiger partial charge is 0.0178 e. The molecule has 1 rings (SSSR count). The Kier molecular flexibility index (Phi) is 5.58. The first kappa shape index (κ1) is 12.7. The van der Waals surface area contributed by atoms with Crippen LogP contribution >= 0.6 is 0 Å². The lowest BCUT2D eigenvalue weighted by molar-refractivity contribution is 1.06. The van der Waals surface area contributed by atoms with Crippen molar-refractivity contribution >= 4 is 0 Å². The van der Waals surface area contributed by atoms with Gasteiger partial charge in [-0.1, -0.05) is 49.4 Å². The maximum Gasteiger partial charge on any atom is 0.0178 e. The van der Waals surface area contributed by atoms with E-state index in [1.54, 1.807) is 0 Å². The number of benzene rings is 1. The van der Waals surface area contributed by atoms with E-state index in [1.807, 2.05) is 0 Å². The number of hydrogen-bond acceptors (Lipinski definition) is 1. The van der Waals surface area contributed by atoms with Crippen molar-refractivity contribution in [3.05, 3.63) is 59.2 Å². The Hall–Kier alpha value is -1.34. The van der Waals surface area contributed by atoms with Crippen LogP contribution in [0.4, 0.5) is 0 Å². The molecule has 0 spiro atoms. The number of nitrogens with two attached hydrogens (primary N) is 1. The highest BCUT2D eigenvalue weighted by Crippen LogP contribution is 2.11. The summed E-state index contributed by atoms with van der Waals surface area (Å²) in [4.78, 5) is 0. The molecule has 1 heteroatoms. The van der Waals surface area contributed by atoms with Crippen molar-refractivity contribution in [2.75, 3.05) is 0 Å². The maximum atomic E-state index is 5.57. The van der Waals surface area contributed by atoms with Crippen LogP contribution in [0.2, 0.25) is 0 Å². The van der Waals surface area contributed by atoms with Gasteiger partial charge >= 0.3 is 0 Å². The topological polar surface area (TPSA) is 26.0 Å². The van der Waals surface area contributed by atoms with Crippen molar-refractivity contribution in [3.63, 3.8) is 0 Å². The summed E-state index contributed by atoms with van der Waals surface area (Å²) in [5.41, 5.74) is 9.49. The molecule has 86 valence electrons. The fourth-order valence-electron chi connectivity index (χ4n) is 1.70. The van der Waals surface area contributed by atoms with Gasteiger partial charge in [-0.15, -0.1) is 0 Å². The van der Waals surface area contributed by atoms with Gasteiger partial charge in [-0.05, 0) is 36.5 Å². The molecule has 0 atom stereocenters. The Balaban J connectivity index is 2.73. The summed E-state index contributed by atoms with van der Waals surface area (Å²) in [5, 5.41) is 0. The minimum Gasteiger partial charge on any atom is -0.326 e. The first-order valence-electron chi connectivity index (χ1n) is 5.89. The Morgan fingerprint density at radius 3 is 2.31 bits per heavy atom. The standard InChI is InChI=1S/C15H21N/c1-3-5-13(6-4-2)11-14-7-9-15(12-16)10-8-14/h3,5-10H,4,11-12,16H2,1-2H3/b5-3-,13-6+. The number of allylic oxidation sites excluding steroid dienone is 4. The average molecular weight is 215 g/mol. The van der Waals surface area contributed by atoms with E-state index >= 15 is 0 Å². The summed E-state index contributed by atoms with van der Waals surface area (Å²) < 4.78 is 0. The highest BCUT2D eigenvalue weighted by Gasteiger charge is 1.96. The molecule has 0 aliphatic rings. The Labute approximate surface area is 98.7 Å². The van der Waals surface area contributed by atoms with E-state index in [1.165, 1.54) is 16.7 Å². The zero-order valence-corrected chi connectivity index (χ0v) is 10.2. The van der Waals surface area contributed by atoms with E-state index in [-0.39, 0.29) is 0 Å². The van der Waals surface area contributed by atoms with Crippen molar-refractivity contribution in [1.82, 2.24) is 0 Å². The molecule has 0 heterocycles. The molecular formula is C15H21N. The second-order valence-corrected chi connectivity index (χ2v) is 3.88. The molecule has 0 radical (unpaired) electrons. The van der Waals surface area contributed by atoms with Crippen LogP contribution in [0, 0.1) is 0 Å². The molecule has 0 saturated heterocycles. The molecule has 0 amide bonds. The number of hydrogen-bond donors (Lipinski definition) is 1. The molecule has 16 heavy (non-hydrogen) atoms. The first-order valence-corrected chi connectivity index (χ1v) is 5.89. The van der Waals surface area contributed by atoms with Crippen molar-refractivity contribution < 1.29 is 0 Å². The molecular weight excluding hydrogens is 194 g/mol. The van der Waals surface area contributed by atoms with Crippen LogP contribution in [0.25, 0.3) is 0 Å². The second kappa shape index (κ2) is 7.02. The SMILES string of the molecule is C/C=C\C(=C/CC)Cc1ccc(CN)cc1. The molecule has 0 unspecified atom stereocenters. The maximum absolute atomic E-state index is 5.57. The van der Waals surface area contributed by atoms with Gasteiger partial charge in [0.25, 0.3) is 0 Å². The van der Waals surface area contributed by atoms with E-state index in [9.17, 15) is 0 Å². The molecule has 1 aromatic rings. The Bertz CT molecular complexity index is 358. The Morgan fingerprint density at radius 2 is 1.81 bits per heavy atom. The van der Waals surface area contributed by atoms with Crippen LogP contribution < -0.4 is 5.73 Å². The van der Waals surface area contributed by atoms with Crippen LogP contribution in [0.15, 0.2) is 48.1 Å². The molecule has 0 aromatic heterocycles. The van der Waals surface area contributed by atoms with Gasteiger partial charge in [0.05, 0.1) is 0 Å². The summed E-state index contributed by atoms with van der Waals surface area (Å²) in [6.45, 7) is 4.84. The normalized spacial score (nSPS) is 12.3. The van der Waals surface area contributed by atoms with Gasteiger partial charge in [-0.2, -0.15) is 0 Å². The van der Waals surface area contributed by atoms with E-state index in [0.717, 1.165) is 12.8 Å². The fraction of sp³-hybridized carbons (Fsp3) is 0.333. The van der Waals surface area contributed by atoms with Crippen molar-refractivity contribution in [2.45, 2.75) is 33.2 Å². The molecule has 0 aliphatic carbocycles. The van der Waals surface area contributed by atoms with E-state index in [4.69, 9.17) is 5.73 Å². The molecule has 1 nitrogen and oxygen atoms in total. The first-order chi connectivity index (χ1) is 7.80. The van der Waals surface area contributed by atoms with E-state index in [0.29, 0.717) is 6.54 Å². The zero-order chi connectivity index (χ0) is 11.8. The Morgan fingerprint density at radius 1 is 1.19 bits per heavy atom. The van der Waals surface area contributed by atoms with Crippen LogP contribution in [-0.4, -0.2) is 0 Å². The summed E-state index contributed by atoms with van der Waals surface area (Å²) in [5.74, 6) is 0. The predicted molar refractivity (Wildman–Crippen MR) is 71.2 cm³/mol. The lowest BCUT2D eigenvalue weighted by atomic mass is 10.0. The monoisotopic (exact) mass is 215 g/mol.